The Morgan fingerprint density at radius 2 is 1.21 bits per heavy atom. The number of aliphatic hydroxyl groups excluding tert-OH is 2. The van der Waals surface area contributed by atoms with E-state index in [4.69, 9.17) is 19.7 Å². The molecule has 6 nitrogen and oxygen atoms in total. The van der Waals surface area contributed by atoms with E-state index in [1.54, 1.807) is 0 Å². The van der Waals surface area contributed by atoms with Gasteiger partial charge in [0.15, 0.2) is 0 Å². The molecule has 0 saturated heterocycles. The minimum absolute atomic E-state index is 0.0398. The van der Waals surface area contributed by atoms with Crippen molar-refractivity contribution < 1.29 is 29.2 Å². The van der Waals surface area contributed by atoms with Gasteiger partial charge in [-0.2, -0.15) is 0 Å². The molecular formula is C8H18O6. The Balaban J connectivity index is 3.87. The molecule has 0 aromatic carbocycles. The van der Waals surface area contributed by atoms with Crippen LogP contribution < -0.4 is 0 Å². The lowest BCUT2D eigenvalue weighted by Gasteiger charge is -2.23. The number of ether oxygens (including phenoxy) is 4. The molecule has 0 saturated carbocycles. The smallest absolute Gasteiger partial charge is 0.146 e. The summed E-state index contributed by atoms with van der Waals surface area (Å²) < 4.78 is 19.5. The topological polar surface area (TPSA) is 77.4 Å². The maximum Gasteiger partial charge on any atom is 0.146 e. The van der Waals surface area contributed by atoms with Gasteiger partial charge in [0, 0.05) is 14.2 Å². The highest BCUT2D eigenvalue weighted by Gasteiger charge is 2.21. The van der Waals surface area contributed by atoms with E-state index < -0.39 is 12.2 Å². The zero-order chi connectivity index (χ0) is 10.8. The molecule has 0 aromatic rings. The largest absolute Gasteiger partial charge is 0.394 e. The Kier molecular flexibility index (Phi) is 9.16. The molecular weight excluding hydrogens is 192 g/mol. The predicted molar refractivity (Wildman–Crippen MR) is 47.7 cm³/mol. The van der Waals surface area contributed by atoms with E-state index in [9.17, 15) is 0 Å². The van der Waals surface area contributed by atoms with Crippen LogP contribution in [0.5, 0.6) is 0 Å². The summed E-state index contributed by atoms with van der Waals surface area (Å²) in [6.45, 7) is -0.424. The first-order chi connectivity index (χ1) is 6.79. The molecule has 1 unspecified atom stereocenters. The molecule has 2 atom stereocenters. The number of methoxy groups -OCH3 is 2. The third-order valence-corrected chi connectivity index (χ3v) is 1.57. The van der Waals surface area contributed by atoms with E-state index in [0.717, 1.165) is 0 Å². The van der Waals surface area contributed by atoms with Crippen molar-refractivity contribution >= 4 is 0 Å². The SMILES string of the molecule is COCOC(CO)[C@H](CO)OCOC. The van der Waals surface area contributed by atoms with Crippen LogP contribution >= 0.6 is 0 Å². The quantitative estimate of drug-likeness (QED) is 0.473. The van der Waals surface area contributed by atoms with Gasteiger partial charge in [-0.05, 0) is 0 Å². The van der Waals surface area contributed by atoms with Gasteiger partial charge in [-0.15, -0.1) is 0 Å². The van der Waals surface area contributed by atoms with Crippen molar-refractivity contribution in [1.82, 2.24) is 0 Å². The standard InChI is InChI=1S/C8H18O6/c1-11-5-13-7(3-9)8(4-10)14-6-12-2/h7-10H,3-6H2,1-2H3/t7-,8?/m0/s1. The Bertz CT molecular complexity index is 106. The molecule has 0 aliphatic rings. The maximum absolute atomic E-state index is 8.94. The highest BCUT2D eigenvalue weighted by molar-refractivity contribution is 4.68. The van der Waals surface area contributed by atoms with Crippen molar-refractivity contribution in [1.29, 1.82) is 0 Å². The zero-order valence-electron chi connectivity index (χ0n) is 8.51. The van der Waals surface area contributed by atoms with E-state index in [-0.39, 0.29) is 26.8 Å². The first-order valence-electron chi connectivity index (χ1n) is 4.22. The highest BCUT2D eigenvalue weighted by atomic mass is 16.7. The molecule has 0 bridgehead atoms. The van der Waals surface area contributed by atoms with Gasteiger partial charge in [-0.25, -0.2) is 0 Å². The lowest BCUT2D eigenvalue weighted by molar-refractivity contribution is -0.176. The van der Waals surface area contributed by atoms with Crippen LogP contribution in [0.25, 0.3) is 0 Å². The van der Waals surface area contributed by atoms with Gasteiger partial charge in [-0.1, -0.05) is 0 Å². The van der Waals surface area contributed by atoms with Crippen molar-refractivity contribution in [2.45, 2.75) is 12.2 Å². The average molecular weight is 210 g/mol. The lowest BCUT2D eigenvalue weighted by Crippen LogP contribution is -2.38. The molecule has 86 valence electrons. The second-order valence-electron chi connectivity index (χ2n) is 2.59. The van der Waals surface area contributed by atoms with E-state index in [0.29, 0.717) is 0 Å². The molecule has 2 N–H and O–H groups in total. The Morgan fingerprint density at radius 3 is 1.43 bits per heavy atom. The van der Waals surface area contributed by atoms with Crippen molar-refractivity contribution in [3.63, 3.8) is 0 Å². The molecule has 0 rings (SSSR count). The lowest BCUT2D eigenvalue weighted by atomic mass is 10.2. The summed E-state index contributed by atoms with van der Waals surface area (Å²) in [6, 6.07) is 0. The summed E-state index contributed by atoms with van der Waals surface area (Å²) in [5.41, 5.74) is 0. The molecule has 0 aromatic heterocycles. The maximum atomic E-state index is 8.94. The van der Waals surface area contributed by atoms with Crippen molar-refractivity contribution in [2.24, 2.45) is 0 Å². The molecule has 0 heterocycles. The van der Waals surface area contributed by atoms with Crippen molar-refractivity contribution in [3.05, 3.63) is 0 Å². The Morgan fingerprint density at radius 1 is 0.857 bits per heavy atom. The van der Waals surface area contributed by atoms with Crippen molar-refractivity contribution in [2.75, 3.05) is 41.0 Å². The van der Waals surface area contributed by atoms with Gasteiger partial charge >= 0.3 is 0 Å². The molecule has 0 radical (unpaired) electrons. The Hall–Kier alpha value is -0.240. The zero-order valence-corrected chi connectivity index (χ0v) is 8.51. The van der Waals surface area contributed by atoms with Crippen LogP contribution in [0, 0.1) is 0 Å². The Labute approximate surface area is 83.3 Å². The van der Waals surface area contributed by atoms with E-state index in [1.807, 2.05) is 0 Å². The fourth-order valence-corrected chi connectivity index (χ4v) is 0.866. The first kappa shape index (κ1) is 13.8. The van der Waals surface area contributed by atoms with Crippen LogP contribution in [0.4, 0.5) is 0 Å². The first-order valence-corrected chi connectivity index (χ1v) is 4.22. The van der Waals surface area contributed by atoms with Crippen LogP contribution in [0.15, 0.2) is 0 Å². The molecule has 0 aliphatic carbocycles. The average Bonchev–Trinajstić information content (AvgIpc) is 2.23. The summed E-state index contributed by atoms with van der Waals surface area (Å²) >= 11 is 0. The fourth-order valence-electron chi connectivity index (χ4n) is 0.866. The van der Waals surface area contributed by atoms with Gasteiger partial charge in [0.2, 0.25) is 0 Å². The molecule has 0 fully saturated rings. The summed E-state index contributed by atoms with van der Waals surface area (Å²) in [7, 11) is 2.94. The van der Waals surface area contributed by atoms with Crippen LogP contribution in [-0.2, 0) is 18.9 Å². The molecule has 6 heteroatoms. The monoisotopic (exact) mass is 210 g/mol. The molecule has 0 spiro atoms. The van der Waals surface area contributed by atoms with Gasteiger partial charge in [-0.3, -0.25) is 0 Å². The summed E-state index contributed by atoms with van der Waals surface area (Å²) in [5, 5.41) is 17.9. The van der Waals surface area contributed by atoms with Gasteiger partial charge in [0.25, 0.3) is 0 Å². The fraction of sp³-hybridized carbons (Fsp3) is 1.00. The third kappa shape index (κ3) is 5.48. The number of hydrogen-bond acceptors (Lipinski definition) is 6. The van der Waals surface area contributed by atoms with E-state index in [2.05, 4.69) is 9.47 Å². The summed E-state index contributed by atoms with van der Waals surface area (Å²) in [4.78, 5) is 0. The van der Waals surface area contributed by atoms with Crippen molar-refractivity contribution in [3.8, 4) is 0 Å². The van der Waals surface area contributed by atoms with Gasteiger partial charge < -0.3 is 29.2 Å². The highest BCUT2D eigenvalue weighted by Crippen LogP contribution is 2.03. The number of aliphatic hydroxyl groups is 2. The minimum atomic E-state index is -0.616. The second kappa shape index (κ2) is 9.32. The van der Waals surface area contributed by atoms with Crippen LogP contribution in [-0.4, -0.2) is 63.4 Å². The molecule has 0 amide bonds. The predicted octanol–water partition coefficient (Wildman–Crippen LogP) is -1.05. The van der Waals surface area contributed by atoms with Gasteiger partial charge in [0.1, 0.15) is 25.8 Å². The van der Waals surface area contributed by atoms with Crippen LogP contribution in [0.3, 0.4) is 0 Å². The van der Waals surface area contributed by atoms with Crippen LogP contribution in [0.2, 0.25) is 0 Å². The van der Waals surface area contributed by atoms with Crippen LogP contribution in [0.1, 0.15) is 0 Å². The van der Waals surface area contributed by atoms with E-state index >= 15 is 0 Å². The third-order valence-electron chi connectivity index (χ3n) is 1.57. The number of rotatable bonds is 9. The summed E-state index contributed by atoms with van der Waals surface area (Å²) in [6.07, 6.45) is -1.23. The van der Waals surface area contributed by atoms with Gasteiger partial charge in [0.05, 0.1) is 13.2 Å². The normalized spacial score (nSPS) is 15.4. The molecule has 0 aliphatic heterocycles. The second-order valence-corrected chi connectivity index (χ2v) is 2.59. The van der Waals surface area contributed by atoms with E-state index in [1.165, 1.54) is 14.2 Å². The molecule has 14 heavy (non-hydrogen) atoms. The summed E-state index contributed by atoms with van der Waals surface area (Å²) in [5.74, 6) is 0. The minimum Gasteiger partial charge on any atom is -0.394 e. The number of hydrogen-bond donors (Lipinski definition) is 2.